The predicted octanol–water partition coefficient (Wildman–Crippen LogP) is 3.75. The molecule has 36 heavy (non-hydrogen) atoms. The lowest BCUT2D eigenvalue weighted by molar-refractivity contribution is -0.137. The number of aromatic nitrogens is 3. The van der Waals surface area contributed by atoms with E-state index in [0.717, 1.165) is 28.4 Å². The summed E-state index contributed by atoms with van der Waals surface area (Å²) in [5.74, 6) is -1.08. The first-order chi connectivity index (χ1) is 17.0. The van der Waals surface area contributed by atoms with E-state index in [-0.39, 0.29) is 23.8 Å². The number of pyridine rings is 1. The number of rotatable bonds is 4. The Kier molecular flexibility index (Phi) is 6.91. The molecule has 0 radical (unpaired) electrons. The fourth-order valence-corrected chi connectivity index (χ4v) is 4.07. The maximum Gasteiger partial charge on any atom is 0.416 e. The molecule has 2 aromatic heterocycles. The summed E-state index contributed by atoms with van der Waals surface area (Å²) in [7, 11) is 0. The molecule has 1 fully saturated rings. The molecule has 3 aromatic rings. The zero-order valence-corrected chi connectivity index (χ0v) is 19.7. The van der Waals surface area contributed by atoms with Crippen molar-refractivity contribution in [3.8, 4) is 5.69 Å². The number of anilines is 1. The molecule has 1 aliphatic rings. The highest BCUT2D eigenvalue weighted by Crippen LogP contribution is 2.30. The Morgan fingerprint density at radius 2 is 1.89 bits per heavy atom. The molecule has 0 aliphatic carbocycles. The second-order valence-corrected chi connectivity index (χ2v) is 8.76. The fraction of sp³-hybridized carbons (Fsp3) is 0.320. The molecule has 8 nitrogen and oxygen atoms in total. The SMILES string of the molecule is Cc1ccc(NC(=O)C2CCCN(C(=O)c3nn(-c4cccc(C(F)(F)F)c4)c(C)cc3=O)C2)nc1. The number of halogens is 3. The lowest BCUT2D eigenvalue weighted by Gasteiger charge is -2.31. The number of amides is 2. The van der Waals surface area contributed by atoms with Crippen molar-refractivity contribution < 1.29 is 22.8 Å². The van der Waals surface area contributed by atoms with Gasteiger partial charge in [0.25, 0.3) is 5.91 Å². The third kappa shape index (κ3) is 5.45. The van der Waals surface area contributed by atoms with Crippen LogP contribution in [0.4, 0.5) is 19.0 Å². The number of nitrogens with one attached hydrogen (secondary N) is 1. The molecule has 1 unspecified atom stereocenters. The molecule has 1 N–H and O–H groups in total. The van der Waals surface area contributed by atoms with Crippen molar-refractivity contribution in [3.05, 3.63) is 81.4 Å². The predicted molar refractivity (Wildman–Crippen MR) is 126 cm³/mol. The van der Waals surface area contributed by atoms with Gasteiger partial charge in [-0.1, -0.05) is 12.1 Å². The van der Waals surface area contributed by atoms with Crippen molar-refractivity contribution in [2.45, 2.75) is 32.9 Å². The van der Waals surface area contributed by atoms with Gasteiger partial charge in [-0.15, -0.1) is 0 Å². The summed E-state index contributed by atoms with van der Waals surface area (Å²) in [6.07, 6.45) is -1.83. The summed E-state index contributed by atoms with van der Waals surface area (Å²) in [5, 5.41) is 6.86. The van der Waals surface area contributed by atoms with E-state index in [1.807, 2.05) is 13.0 Å². The van der Waals surface area contributed by atoms with E-state index >= 15 is 0 Å². The quantitative estimate of drug-likeness (QED) is 0.590. The Balaban J connectivity index is 1.56. The second-order valence-electron chi connectivity index (χ2n) is 8.76. The third-order valence-corrected chi connectivity index (χ3v) is 5.97. The molecule has 0 bridgehead atoms. The highest BCUT2D eigenvalue weighted by atomic mass is 19.4. The van der Waals surface area contributed by atoms with Crippen LogP contribution >= 0.6 is 0 Å². The van der Waals surface area contributed by atoms with Crippen molar-refractivity contribution in [2.24, 2.45) is 5.92 Å². The molecule has 11 heteroatoms. The summed E-state index contributed by atoms with van der Waals surface area (Å²) >= 11 is 0. The van der Waals surface area contributed by atoms with Crippen molar-refractivity contribution in [3.63, 3.8) is 0 Å². The summed E-state index contributed by atoms with van der Waals surface area (Å²) in [4.78, 5) is 44.2. The number of carbonyl (C=O) groups is 2. The van der Waals surface area contributed by atoms with Crippen LogP contribution in [0.3, 0.4) is 0 Å². The van der Waals surface area contributed by atoms with Crippen LogP contribution in [0.1, 0.15) is 40.2 Å². The Bertz CT molecular complexity index is 1350. The van der Waals surface area contributed by atoms with Gasteiger partial charge in [-0.2, -0.15) is 18.3 Å². The van der Waals surface area contributed by atoms with Crippen LogP contribution in [0.25, 0.3) is 5.69 Å². The topological polar surface area (TPSA) is 97.2 Å². The minimum absolute atomic E-state index is 0.0675. The Morgan fingerprint density at radius 3 is 2.58 bits per heavy atom. The van der Waals surface area contributed by atoms with E-state index in [2.05, 4.69) is 15.4 Å². The van der Waals surface area contributed by atoms with Crippen molar-refractivity contribution >= 4 is 17.6 Å². The minimum Gasteiger partial charge on any atom is -0.336 e. The van der Waals surface area contributed by atoms with Gasteiger partial charge in [0.2, 0.25) is 11.3 Å². The van der Waals surface area contributed by atoms with E-state index in [9.17, 15) is 27.6 Å². The summed E-state index contributed by atoms with van der Waals surface area (Å²) in [5.41, 5.74) is -0.643. The maximum atomic E-state index is 13.2. The zero-order chi connectivity index (χ0) is 26.0. The van der Waals surface area contributed by atoms with Crippen LogP contribution in [-0.4, -0.2) is 44.6 Å². The van der Waals surface area contributed by atoms with Crippen LogP contribution < -0.4 is 10.7 Å². The number of benzene rings is 1. The van der Waals surface area contributed by atoms with Crippen molar-refractivity contribution in [1.29, 1.82) is 0 Å². The monoisotopic (exact) mass is 499 g/mol. The van der Waals surface area contributed by atoms with Crippen LogP contribution in [0.2, 0.25) is 0 Å². The number of aryl methyl sites for hydroxylation is 2. The van der Waals surface area contributed by atoms with Crippen LogP contribution in [0, 0.1) is 19.8 Å². The highest BCUT2D eigenvalue weighted by Gasteiger charge is 2.32. The van der Waals surface area contributed by atoms with Gasteiger partial charge < -0.3 is 10.2 Å². The smallest absolute Gasteiger partial charge is 0.336 e. The molecule has 188 valence electrons. The molecule has 2 amide bonds. The average Bonchev–Trinajstić information content (AvgIpc) is 2.85. The molecular weight excluding hydrogens is 475 g/mol. The lowest BCUT2D eigenvalue weighted by Crippen LogP contribution is -2.45. The number of nitrogens with zero attached hydrogens (tertiary/aromatic N) is 4. The van der Waals surface area contributed by atoms with Gasteiger partial charge >= 0.3 is 6.18 Å². The van der Waals surface area contributed by atoms with Crippen LogP contribution in [0.15, 0.2) is 53.5 Å². The van der Waals surface area contributed by atoms with E-state index < -0.39 is 34.7 Å². The first kappa shape index (κ1) is 25.1. The molecule has 0 spiro atoms. The Labute approximate surface area is 204 Å². The fourth-order valence-electron chi connectivity index (χ4n) is 4.07. The van der Waals surface area contributed by atoms with Gasteiger partial charge in [-0.25, -0.2) is 9.67 Å². The molecule has 0 saturated carbocycles. The van der Waals surface area contributed by atoms with Gasteiger partial charge in [0, 0.05) is 31.0 Å². The summed E-state index contributed by atoms with van der Waals surface area (Å²) in [6, 6.07) is 9.14. The molecular formula is C25H24F3N5O3. The van der Waals surface area contributed by atoms with Crippen LogP contribution in [-0.2, 0) is 11.0 Å². The zero-order valence-electron chi connectivity index (χ0n) is 19.7. The van der Waals surface area contributed by atoms with Gasteiger partial charge in [0.05, 0.1) is 17.2 Å². The van der Waals surface area contributed by atoms with E-state index in [0.29, 0.717) is 25.2 Å². The number of hydrogen-bond acceptors (Lipinski definition) is 5. The molecule has 1 atom stereocenters. The lowest BCUT2D eigenvalue weighted by atomic mass is 9.96. The molecule has 4 rings (SSSR count). The normalized spacial score (nSPS) is 16.0. The van der Waals surface area contributed by atoms with Gasteiger partial charge in [-0.3, -0.25) is 14.4 Å². The number of carbonyl (C=O) groups excluding carboxylic acids is 2. The van der Waals surface area contributed by atoms with Crippen LogP contribution in [0.5, 0.6) is 0 Å². The number of alkyl halides is 3. The minimum atomic E-state index is -4.56. The number of likely N-dealkylation sites (tertiary alicyclic amines) is 1. The Hall–Kier alpha value is -4.02. The second kappa shape index (κ2) is 9.92. The molecule has 3 heterocycles. The maximum absolute atomic E-state index is 13.2. The van der Waals surface area contributed by atoms with Crippen molar-refractivity contribution in [1.82, 2.24) is 19.7 Å². The van der Waals surface area contributed by atoms with E-state index in [1.54, 1.807) is 12.3 Å². The van der Waals surface area contributed by atoms with E-state index in [1.165, 1.54) is 24.0 Å². The first-order valence-corrected chi connectivity index (χ1v) is 11.3. The van der Waals surface area contributed by atoms with Gasteiger partial charge in [-0.05, 0) is 56.5 Å². The van der Waals surface area contributed by atoms with Gasteiger partial charge in [0.15, 0.2) is 5.69 Å². The van der Waals surface area contributed by atoms with E-state index in [4.69, 9.17) is 0 Å². The molecule has 1 aromatic carbocycles. The number of hydrogen-bond donors (Lipinski definition) is 1. The summed E-state index contributed by atoms with van der Waals surface area (Å²) < 4.78 is 40.7. The average molecular weight is 499 g/mol. The van der Waals surface area contributed by atoms with Gasteiger partial charge in [0.1, 0.15) is 5.82 Å². The Morgan fingerprint density at radius 1 is 1.11 bits per heavy atom. The summed E-state index contributed by atoms with van der Waals surface area (Å²) in [6.45, 7) is 3.80. The molecule has 1 saturated heterocycles. The number of piperidine rings is 1. The highest BCUT2D eigenvalue weighted by molar-refractivity contribution is 5.94. The standard InChI is InChI=1S/C25H24F3N5O3/c1-15-8-9-21(29-13-15)30-23(35)17-5-4-10-32(14-17)24(36)22-20(34)11-16(2)33(31-22)19-7-3-6-18(12-19)25(26,27)28/h3,6-9,11-13,17H,4-5,10,14H2,1-2H3,(H,29,30,35). The first-order valence-electron chi connectivity index (χ1n) is 11.3. The largest absolute Gasteiger partial charge is 0.416 e. The molecule has 1 aliphatic heterocycles. The third-order valence-electron chi connectivity index (χ3n) is 5.97. The van der Waals surface area contributed by atoms with Crippen molar-refractivity contribution in [2.75, 3.05) is 18.4 Å².